The van der Waals surface area contributed by atoms with Crippen molar-refractivity contribution in [3.63, 3.8) is 0 Å². The van der Waals surface area contributed by atoms with Gasteiger partial charge in [0.05, 0.1) is 0 Å². The Bertz CT molecular complexity index is 1200. The molecule has 3 aromatic carbocycles. The summed E-state index contributed by atoms with van der Waals surface area (Å²) < 4.78 is 0. The molecule has 163 valence electrons. The zero-order valence-corrected chi connectivity index (χ0v) is 24.7. The van der Waals surface area contributed by atoms with Gasteiger partial charge in [-0.2, -0.15) is 6.07 Å². The molecule has 32 heavy (non-hydrogen) atoms. The molecule has 0 N–H and O–H groups in total. The SMILES string of the molecule is CCC1=C2C3C(=CC=C3[Si]2(C)C)S1.Cc1cc2c(-c3ccccc3)cccc2[cH-]1.[Cl-].[Cl-].[Zr+3]. The van der Waals surface area contributed by atoms with Gasteiger partial charge < -0.3 is 24.8 Å². The maximum absolute atomic E-state index is 2.50. The molecule has 1 atom stereocenters. The van der Waals surface area contributed by atoms with Crippen molar-refractivity contribution in [1.29, 1.82) is 0 Å². The number of hydrogen-bond donors (Lipinski definition) is 0. The molecule has 3 aromatic rings. The summed E-state index contributed by atoms with van der Waals surface area (Å²) in [6.07, 6.45) is 6.00. The predicted molar refractivity (Wildman–Crippen MR) is 132 cm³/mol. The van der Waals surface area contributed by atoms with Crippen LogP contribution in [0.2, 0.25) is 13.1 Å². The molecule has 0 aromatic heterocycles. The van der Waals surface area contributed by atoms with Gasteiger partial charge in [0, 0.05) is 5.92 Å². The molecule has 0 nitrogen and oxygen atoms in total. The van der Waals surface area contributed by atoms with Crippen molar-refractivity contribution >= 4 is 30.6 Å². The van der Waals surface area contributed by atoms with Crippen LogP contribution in [-0.4, -0.2) is 8.07 Å². The average Bonchev–Trinajstić information content (AvgIpc) is 3.37. The smallest absolute Gasteiger partial charge is 1.00 e. The third-order valence-corrected chi connectivity index (χ3v) is 11.9. The van der Waals surface area contributed by atoms with Crippen LogP contribution in [0.4, 0.5) is 0 Å². The Morgan fingerprint density at radius 2 is 1.69 bits per heavy atom. The molecule has 2 aliphatic heterocycles. The van der Waals surface area contributed by atoms with Gasteiger partial charge in [0.1, 0.15) is 8.07 Å². The molecular weight excluding hydrogens is 547 g/mol. The number of allylic oxidation sites excluding steroid dienone is 6. The summed E-state index contributed by atoms with van der Waals surface area (Å²) in [7, 11) is -1.08. The zero-order valence-electron chi connectivity index (χ0n) is 18.9. The van der Waals surface area contributed by atoms with E-state index in [1.54, 1.807) is 15.0 Å². The zero-order chi connectivity index (χ0) is 20.2. The molecule has 1 aliphatic carbocycles. The Balaban J connectivity index is 0.000000211. The molecule has 2 heterocycles. The predicted octanol–water partition coefficient (Wildman–Crippen LogP) is 2.18. The summed E-state index contributed by atoms with van der Waals surface area (Å²) in [4.78, 5) is 3.32. The normalized spacial score (nSPS) is 18.7. The molecular formula is C27H27Cl2SSiZr. The van der Waals surface area contributed by atoms with E-state index in [4.69, 9.17) is 0 Å². The standard InChI is InChI=1S/C16H13.C11H14SSi.2ClH.Zr/c1-12-10-14-8-5-9-15(16(14)11-12)13-6-3-2-4-7-13;1-4-7-11-10-8(12-7)5-6-9(10)13(11,2)3;;;/h2-11H,1H3;5-6,10H,4H2,1-3H3;2*1H;/q-1;;;;+3/p-2. The van der Waals surface area contributed by atoms with Crippen LogP contribution in [0.25, 0.3) is 21.9 Å². The second kappa shape index (κ2) is 10.7. The number of hydrogen-bond acceptors (Lipinski definition) is 1. The summed E-state index contributed by atoms with van der Waals surface area (Å²) in [5, 5.41) is 6.33. The third kappa shape index (κ3) is 4.49. The number of rotatable bonds is 2. The summed E-state index contributed by atoms with van der Waals surface area (Å²) >= 11 is 2.06. The van der Waals surface area contributed by atoms with Crippen molar-refractivity contribution in [2.24, 2.45) is 5.92 Å². The maximum atomic E-state index is 2.50. The van der Waals surface area contributed by atoms with E-state index in [2.05, 4.69) is 112 Å². The van der Waals surface area contributed by atoms with Gasteiger partial charge in [-0.1, -0.05) is 103 Å². The number of fused-ring (bicyclic) bond motifs is 1. The van der Waals surface area contributed by atoms with Gasteiger partial charge in [0.15, 0.2) is 0 Å². The van der Waals surface area contributed by atoms with E-state index in [-0.39, 0.29) is 51.0 Å². The molecule has 3 aliphatic rings. The fourth-order valence-corrected chi connectivity index (χ4v) is 10.9. The van der Waals surface area contributed by atoms with Crippen LogP contribution in [0, 0.1) is 12.8 Å². The summed E-state index contributed by atoms with van der Waals surface area (Å²) in [5.41, 5.74) is 3.95. The maximum Gasteiger partial charge on any atom is 3.00 e. The van der Waals surface area contributed by atoms with Crippen LogP contribution in [0.5, 0.6) is 0 Å². The van der Waals surface area contributed by atoms with Crippen LogP contribution >= 0.6 is 11.8 Å². The minimum atomic E-state index is -1.08. The first-order chi connectivity index (χ1) is 14.0. The monoisotopic (exact) mass is 571 g/mol. The molecule has 1 saturated heterocycles. The first-order valence-corrected chi connectivity index (χ1v) is 14.4. The molecule has 1 unspecified atom stereocenters. The van der Waals surface area contributed by atoms with Gasteiger partial charge in [-0.15, -0.1) is 34.5 Å². The molecule has 1 radical (unpaired) electrons. The number of aryl methyl sites for hydroxylation is 1. The Morgan fingerprint density at radius 3 is 2.38 bits per heavy atom. The van der Waals surface area contributed by atoms with Crippen molar-refractivity contribution < 1.29 is 51.0 Å². The van der Waals surface area contributed by atoms with Crippen LogP contribution in [0.15, 0.2) is 93.0 Å². The van der Waals surface area contributed by atoms with E-state index < -0.39 is 8.07 Å². The number of halogens is 2. The van der Waals surface area contributed by atoms with Crippen molar-refractivity contribution in [3.8, 4) is 11.1 Å². The summed E-state index contributed by atoms with van der Waals surface area (Å²) in [6.45, 7) is 9.45. The first-order valence-electron chi connectivity index (χ1n) is 10.6. The Morgan fingerprint density at radius 1 is 0.969 bits per heavy atom. The fourth-order valence-electron chi connectivity index (χ4n) is 5.14. The van der Waals surface area contributed by atoms with Crippen molar-refractivity contribution in [3.05, 3.63) is 98.6 Å². The van der Waals surface area contributed by atoms with Crippen LogP contribution < -0.4 is 24.8 Å². The van der Waals surface area contributed by atoms with Crippen LogP contribution in [-0.2, 0) is 26.2 Å². The molecule has 0 bridgehead atoms. The van der Waals surface area contributed by atoms with Crippen molar-refractivity contribution in [2.75, 3.05) is 0 Å². The van der Waals surface area contributed by atoms with Gasteiger partial charge >= 0.3 is 26.2 Å². The number of benzene rings is 2. The molecule has 0 saturated carbocycles. The first kappa shape index (κ1) is 27.5. The Hall–Kier alpha value is -0.700. The van der Waals surface area contributed by atoms with Crippen LogP contribution in [0.3, 0.4) is 0 Å². The Kier molecular flexibility index (Phi) is 9.21. The topological polar surface area (TPSA) is 0 Å². The molecule has 6 rings (SSSR count). The van der Waals surface area contributed by atoms with E-state index in [0.29, 0.717) is 0 Å². The van der Waals surface area contributed by atoms with Crippen molar-refractivity contribution in [2.45, 2.75) is 33.4 Å². The van der Waals surface area contributed by atoms with Gasteiger partial charge in [-0.05, 0) is 21.8 Å². The van der Waals surface area contributed by atoms with Gasteiger partial charge in [-0.3, -0.25) is 0 Å². The average molecular weight is 574 g/mol. The molecule has 0 spiro atoms. The van der Waals surface area contributed by atoms with E-state index >= 15 is 0 Å². The van der Waals surface area contributed by atoms with Crippen LogP contribution in [0.1, 0.15) is 18.9 Å². The fraction of sp³-hybridized carbons (Fsp3) is 0.222. The van der Waals surface area contributed by atoms with E-state index in [9.17, 15) is 0 Å². The minimum absolute atomic E-state index is 0. The largest absolute Gasteiger partial charge is 3.00 e. The Labute approximate surface area is 229 Å². The summed E-state index contributed by atoms with van der Waals surface area (Å²) in [5.74, 6) is 0.793. The quantitative estimate of drug-likeness (QED) is 0.335. The van der Waals surface area contributed by atoms with Gasteiger partial charge in [-0.25, -0.2) is 0 Å². The second-order valence-corrected chi connectivity index (χ2v) is 14.3. The van der Waals surface area contributed by atoms with E-state index in [1.807, 2.05) is 5.20 Å². The second-order valence-electron chi connectivity index (χ2n) is 8.75. The van der Waals surface area contributed by atoms with E-state index in [1.165, 1.54) is 33.9 Å². The molecule has 1 fully saturated rings. The minimum Gasteiger partial charge on any atom is -1.00 e. The summed E-state index contributed by atoms with van der Waals surface area (Å²) in [6, 6.07) is 21.6. The van der Waals surface area contributed by atoms with E-state index in [0.717, 1.165) is 5.92 Å². The van der Waals surface area contributed by atoms with Crippen molar-refractivity contribution in [1.82, 2.24) is 0 Å². The number of thioether (sulfide) groups is 1. The third-order valence-electron chi connectivity index (χ3n) is 6.55. The molecule has 0 amide bonds. The van der Waals surface area contributed by atoms with Gasteiger partial charge in [0.25, 0.3) is 0 Å². The van der Waals surface area contributed by atoms with Gasteiger partial charge in [0.2, 0.25) is 0 Å². The molecule has 5 heteroatoms.